The van der Waals surface area contributed by atoms with Crippen molar-refractivity contribution < 1.29 is 19.4 Å². The van der Waals surface area contributed by atoms with Gasteiger partial charge in [-0.2, -0.15) is 0 Å². The number of aryl methyl sites for hydroxylation is 2. The highest BCUT2D eigenvalue weighted by atomic mass is 16.5. The van der Waals surface area contributed by atoms with E-state index >= 15 is 0 Å². The van der Waals surface area contributed by atoms with E-state index in [-0.39, 0.29) is 17.8 Å². The van der Waals surface area contributed by atoms with Crippen LogP contribution in [0.4, 0.5) is 0 Å². The van der Waals surface area contributed by atoms with E-state index in [0.717, 1.165) is 44.1 Å². The van der Waals surface area contributed by atoms with Crippen molar-refractivity contribution in [2.24, 2.45) is 0 Å². The number of hydrogen-bond donors (Lipinski definition) is 1. The zero-order valence-electron chi connectivity index (χ0n) is 14.5. The third kappa shape index (κ3) is 4.99. The van der Waals surface area contributed by atoms with Gasteiger partial charge in [-0.3, -0.25) is 4.79 Å². The Morgan fingerprint density at radius 1 is 1.04 bits per heavy atom. The molecule has 2 aromatic carbocycles. The minimum Gasteiger partial charge on any atom is -0.504 e. The summed E-state index contributed by atoms with van der Waals surface area (Å²) in [6.07, 6.45) is 5.43. The molecule has 2 aromatic rings. The summed E-state index contributed by atoms with van der Waals surface area (Å²) in [6, 6.07) is 13.3. The van der Waals surface area contributed by atoms with Crippen LogP contribution in [0, 0.1) is 0 Å². The minimum absolute atomic E-state index is 0.0334. The fourth-order valence-electron chi connectivity index (χ4n) is 3.17. The maximum atomic E-state index is 11.3. The Kier molecular flexibility index (Phi) is 5.59. The molecular formula is C21H24O4. The highest BCUT2D eigenvalue weighted by Gasteiger charge is 2.13. The number of carbonyl (C=O) groups excluding carboxylic acids is 1. The predicted molar refractivity (Wildman–Crippen MR) is 96.1 cm³/mol. The van der Waals surface area contributed by atoms with Gasteiger partial charge in [0.15, 0.2) is 11.5 Å². The van der Waals surface area contributed by atoms with Crippen LogP contribution < -0.4 is 4.74 Å². The second kappa shape index (κ2) is 8.06. The summed E-state index contributed by atoms with van der Waals surface area (Å²) < 4.78 is 11.3. The number of ether oxygens (including phenoxy) is 2. The average Bonchev–Trinajstić information content (AvgIpc) is 2.60. The van der Waals surface area contributed by atoms with Crippen molar-refractivity contribution in [2.75, 3.05) is 0 Å². The molecule has 2 heterocycles. The van der Waals surface area contributed by atoms with Crippen molar-refractivity contribution in [1.29, 1.82) is 0 Å². The van der Waals surface area contributed by atoms with Gasteiger partial charge in [-0.05, 0) is 73.9 Å². The van der Waals surface area contributed by atoms with Gasteiger partial charge in [0, 0.05) is 6.92 Å². The van der Waals surface area contributed by atoms with Crippen molar-refractivity contribution in [3.63, 3.8) is 0 Å². The first-order chi connectivity index (χ1) is 12.1. The van der Waals surface area contributed by atoms with Crippen LogP contribution >= 0.6 is 0 Å². The number of carbonyl (C=O) groups is 1. The predicted octanol–water partition coefficient (Wildman–Crippen LogP) is 4.78. The molecule has 0 amide bonds. The third-order valence-electron chi connectivity index (χ3n) is 4.50. The lowest BCUT2D eigenvalue weighted by Crippen LogP contribution is -2.17. The molecule has 0 unspecified atom stereocenters. The summed E-state index contributed by atoms with van der Waals surface area (Å²) in [7, 11) is 0. The van der Waals surface area contributed by atoms with Crippen LogP contribution in [-0.4, -0.2) is 17.2 Å². The number of rotatable bonds is 1. The summed E-state index contributed by atoms with van der Waals surface area (Å²) in [5.74, 6) is 1.11. The summed E-state index contributed by atoms with van der Waals surface area (Å²) >= 11 is 0. The van der Waals surface area contributed by atoms with Gasteiger partial charge in [0.25, 0.3) is 0 Å². The molecule has 4 heteroatoms. The molecule has 4 bridgehead atoms. The Bertz CT molecular complexity index is 721. The summed E-state index contributed by atoms with van der Waals surface area (Å²) in [4.78, 5) is 11.3. The first-order valence-corrected chi connectivity index (χ1v) is 8.86. The molecule has 0 spiro atoms. The highest BCUT2D eigenvalue weighted by Crippen LogP contribution is 2.32. The quantitative estimate of drug-likeness (QED) is 0.759. The SMILES string of the molecule is CC(=O)O[C@H]1CCCCc2ccc(O)c(c2)Oc2ccc(cc2)CC1. The largest absolute Gasteiger partial charge is 0.504 e. The molecule has 25 heavy (non-hydrogen) atoms. The summed E-state index contributed by atoms with van der Waals surface area (Å²) in [6.45, 7) is 1.47. The third-order valence-corrected chi connectivity index (χ3v) is 4.50. The molecule has 4 rings (SSSR count). The average molecular weight is 340 g/mol. The maximum Gasteiger partial charge on any atom is 0.302 e. The standard InChI is InChI=1S/C21H24O4/c1-15(22)24-18-5-3-2-4-17-9-13-20(23)21(14-17)25-19-11-7-16(6-10-18)8-12-19/h7-9,11-14,18,23H,2-6,10H2,1H3/t18-/m0/s1. The second-order valence-electron chi connectivity index (χ2n) is 6.56. The molecule has 0 fully saturated rings. The lowest BCUT2D eigenvalue weighted by Gasteiger charge is -2.17. The molecule has 0 saturated carbocycles. The molecule has 0 aromatic heterocycles. The zero-order chi connectivity index (χ0) is 17.6. The van der Waals surface area contributed by atoms with Gasteiger partial charge in [-0.15, -0.1) is 0 Å². The van der Waals surface area contributed by atoms with Gasteiger partial charge in [-0.25, -0.2) is 0 Å². The van der Waals surface area contributed by atoms with Crippen LogP contribution in [0.2, 0.25) is 0 Å². The Balaban J connectivity index is 1.82. The van der Waals surface area contributed by atoms with E-state index in [9.17, 15) is 9.90 Å². The Morgan fingerprint density at radius 2 is 1.80 bits per heavy atom. The Morgan fingerprint density at radius 3 is 2.56 bits per heavy atom. The number of fused-ring (bicyclic) bond motifs is 8. The van der Waals surface area contributed by atoms with E-state index in [1.165, 1.54) is 12.5 Å². The van der Waals surface area contributed by atoms with Gasteiger partial charge in [-0.1, -0.05) is 18.2 Å². The molecule has 1 atom stereocenters. The van der Waals surface area contributed by atoms with Gasteiger partial charge < -0.3 is 14.6 Å². The number of aromatic hydroxyl groups is 1. The molecule has 1 N–H and O–H groups in total. The second-order valence-corrected chi connectivity index (χ2v) is 6.56. The van der Waals surface area contributed by atoms with Gasteiger partial charge in [0.2, 0.25) is 0 Å². The van der Waals surface area contributed by atoms with E-state index in [1.807, 2.05) is 36.4 Å². The number of phenols is 1. The van der Waals surface area contributed by atoms with E-state index in [2.05, 4.69) is 0 Å². The van der Waals surface area contributed by atoms with Gasteiger partial charge in [0.05, 0.1) is 0 Å². The monoisotopic (exact) mass is 340 g/mol. The molecule has 2 aliphatic heterocycles. The van der Waals surface area contributed by atoms with E-state index in [1.54, 1.807) is 6.07 Å². The molecule has 4 nitrogen and oxygen atoms in total. The van der Waals surface area contributed by atoms with Crippen molar-refractivity contribution in [2.45, 2.75) is 51.6 Å². The first kappa shape index (κ1) is 17.3. The van der Waals surface area contributed by atoms with Crippen LogP contribution in [0.3, 0.4) is 0 Å². The van der Waals surface area contributed by atoms with Crippen LogP contribution in [0.1, 0.15) is 43.7 Å². The topological polar surface area (TPSA) is 55.8 Å². The van der Waals surface area contributed by atoms with Crippen molar-refractivity contribution in [3.8, 4) is 17.2 Å². The van der Waals surface area contributed by atoms with E-state index in [4.69, 9.17) is 9.47 Å². The normalized spacial score (nSPS) is 17.9. The van der Waals surface area contributed by atoms with Gasteiger partial charge in [0.1, 0.15) is 11.9 Å². The van der Waals surface area contributed by atoms with Crippen molar-refractivity contribution >= 4 is 5.97 Å². The maximum absolute atomic E-state index is 11.3. The molecular weight excluding hydrogens is 316 g/mol. The summed E-state index contributed by atoms with van der Waals surface area (Å²) in [5.41, 5.74) is 2.31. The van der Waals surface area contributed by atoms with Crippen LogP contribution in [0.5, 0.6) is 17.2 Å². The van der Waals surface area contributed by atoms with E-state index in [0.29, 0.717) is 11.5 Å². The fraction of sp³-hybridized carbons (Fsp3) is 0.381. The van der Waals surface area contributed by atoms with Crippen LogP contribution in [-0.2, 0) is 22.4 Å². The lowest BCUT2D eigenvalue weighted by atomic mass is 10.0. The molecule has 2 aliphatic rings. The molecule has 0 saturated heterocycles. The van der Waals surface area contributed by atoms with E-state index < -0.39 is 0 Å². The molecule has 0 aliphatic carbocycles. The van der Waals surface area contributed by atoms with Crippen molar-refractivity contribution in [1.82, 2.24) is 0 Å². The Labute approximate surface area is 148 Å². The Hall–Kier alpha value is -2.49. The zero-order valence-corrected chi connectivity index (χ0v) is 14.5. The lowest BCUT2D eigenvalue weighted by molar-refractivity contribution is -0.147. The number of esters is 1. The highest BCUT2D eigenvalue weighted by molar-refractivity contribution is 5.66. The fourth-order valence-corrected chi connectivity index (χ4v) is 3.17. The molecule has 0 radical (unpaired) electrons. The first-order valence-electron chi connectivity index (χ1n) is 8.86. The van der Waals surface area contributed by atoms with Gasteiger partial charge >= 0.3 is 5.97 Å². The minimum atomic E-state index is -0.213. The molecule has 132 valence electrons. The van der Waals surface area contributed by atoms with Crippen LogP contribution in [0.15, 0.2) is 42.5 Å². The smallest absolute Gasteiger partial charge is 0.302 e. The number of benzene rings is 2. The van der Waals surface area contributed by atoms with Crippen molar-refractivity contribution in [3.05, 3.63) is 53.6 Å². The number of hydrogen-bond acceptors (Lipinski definition) is 4. The summed E-state index contributed by atoms with van der Waals surface area (Å²) in [5, 5.41) is 10.0. The van der Waals surface area contributed by atoms with Crippen LogP contribution in [0.25, 0.3) is 0 Å². The number of phenolic OH excluding ortho intramolecular Hbond substituents is 1.